The van der Waals surface area contributed by atoms with Gasteiger partial charge in [0.1, 0.15) is 5.82 Å². The number of rotatable bonds is 4. The molecule has 1 amide bonds. The van der Waals surface area contributed by atoms with E-state index in [2.05, 4.69) is 16.7 Å². The van der Waals surface area contributed by atoms with Gasteiger partial charge in [-0.3, -0.25) is 9.69 Å². The summed E-state index contributed by atoms with van der Waals surface area (Å²) < 4.78 is 13.1. The van der Waals surface area contributed by atoms with Crippen LogP contribution < -0.4 is 0 Å². The molecule has 1 aromatic carbocycles. The molecule has 0 aromatic heterocycles. The van der Waals surface area contributed by atoms with Crippen molar-refractivity contribution >= 4 is 5.91 Å². The fourth-order valence-electron chi connectivity index (χ4n) is 3.64. The summed E-state index contributed by atoms with van der Waals surface area (Å²) in [6.45, 7) is 7.74. The number of hydrogen-bond acceptors (Lipinski definition) is 4. The maximum atomic E-state index is 13.1. The first-order chi connectivity index (χ1) is 11.6. The second kappa shape index (κ2) is 7.59. The van der Waals surface area contributed by atoms with Gasteiger partial charge in [0.2, 0.25) is 5.91 Å². The SMILES string of the molecule is CCN1CCN(CC(=O)N2C[C@@H](O)C[C@H]2c2ccc(F)cc2)CC1. The number of piperazine rings is 1. The molecule has 132 valence electrons. The third-order valence-electron chi connectivity index (χ3n) is 5.13. The van der Waals surface area contributed by atoms with Gasteiger partial charge < -0.3 is 14.9 Å². The van der Waals surface area contributed by atoms with E-state index in [-0.39, 0.29) is 17.8 Å². The molecule has 0 saturated carbocycles. The highest BCUT2D eigenvalue weighted by atomic mass is 19.1. The number of halogens is 1. The van der Waals surface area contributed by atoms with Crippen molar-refractivity contribution in [3.63, 3.8) is 0 Å². The van der Waals surface area contributed by atoms with E-state index in [0.29, 0.717) is 19.5 Å². The zero-order valence-electron chi connectivity index (χ0n) is 14.2. The van der Waals surface area contributed by atoms with Gasteiger partial charge in [0, 0.05) is 32.7 Å². The van der Waals surface area contributed by atoms with Gasteiger partial charge in [0.25, 0.3) is 0 Å². The lowest BCUT2D eigenvalue weighted by atomic mass is 10.0. The fourth-order valence-corrected chi connectivity index (χ4v) is 3.64. The molecule has 0 aliphatic carbocycles. The van der Waals surface area contributed by atoms with E-state index < -0.39 is 6.10 Å². The maximum absolute atomic E-state index is 13.1. The number of benzene rings is 1. The maximum Gasteiger partial charge on any atom is 0.237 e. The number of carbonyl (C=O) groups is 1. The summed E-state index contributed by atoms with van der Waals surface area (Å²) in [5.74, 6) is -0.241. The molecule has 2 heterocycles. The van der Waals surface area contributed by atoms with Crippen molar-refractivity contribution in [2.24, 2.45) is 0 Å². The molecule has 2 atom stereocenters. The van der Waals surface area contributed by atoms with Gasteiger partial charge in [0.05, 0.1) is 18.7 Å². The van der Waals surface area contributed by atoms with Crippen LogP contribution in [0.3, 0.4) is 0 Å². The van der Waals surface area contributed by atoms with Crippen molar-refractivity contribution in [3.05, 3.63) is 35.6 Å². The first kappa shape index (κ1) is 17.3. The van der Waals surface area contributed by atoms with E-state index in [1.807, 2.05) is 0 Å². The zero-order chi connectivity index (χ0) is 17.1. The molecular weight excluding hydrogens is 309 g/mol. The van der Waals surface area contributed by atoms with E-state index in [1.165, 1.54) is 12.1 Å². The Labute approximate surface area is 142 Å². The Morgan fingerprint density at radius 1 is 1.17 bits per heavy atom. The predicted octanol–water partition coefficient (Wildman–Crippen LogP) is 1.10. The number of amides is 1. The van der Waals surface area contributed by atoms with Crippen LogP contribution in [0.15, 0.2) is 24.3 Å². The molecule has 0 unspecified atom stereocenters. The molecule has 5 nitrogen and oxygen atoms in total. The van der Waals surface area contributed by atoms with Crippen LogP contribution in [0, 0.1) is 5.82 Å². The van der Waals surface area contributed by atoms with E-state index in [4.69, 9.17) is 0 Å². The minimum absolute atomic E-state index is 0.0471. The highest BCUT2D eigenvalue weighted by molar-refractivity contribution is 5.79. The molecule has 2 saturated heterocycles. The first-order valence-electron chi connectivity index (χ1n) is 8.74. The van der Waals surface area contributed by atoms with Crippen LogP contribution in [-0.2, 0) is 4.79 Å². The van der Waals surface area contributed by atoms with Gasteiger partial charge in [-0.2, -0.15) is 0 Å². The Kier molecular flexibility index (Phi) is 5.48. The molecule has 0 spiro atoms. The number of aliphatic hydroxyl groups is 1. The lowest BCUT2D eigenvalue weighted by Crippen LogP contribution is -2.49. The van der Waals surface area contributed by atoms with Crippen LogP contribution in [-0.4, -0.2) is 77.6 Å². The quantitative estimate of drug-likeness (QED) is 0.895. The summed E-state index contributed by atoms with van der Waals surface area (Å²) in [4.78, 5) is 19.1. The van der Waals surface area contributed by atoms with Crippen molar-refractivity contribution in [2.45, 2.75) is 25.5 Å². The van der Waals surface area contributed by atoms with Gasteiger partial charge in [-0.1, -0.05) is 19.1 Å². The summed E-state index contributed by atoms with van der Waals surface area (Å²) in [5.41, 5.74) is 0.886. The summed E-state index contributed by atoms with van der Waals surface area (Å²) in [7, 11) is 0. The molecule has 2 aliphatic heterocycles. The minimum Gasteiger partial charge on any atom is -0.391 e. The zero-order valence-corrected chi connectivity index (χ0v) is 14.2. The van der Waals surface area contributed by atoms with Crippen LogP contribution in [0.1, 0.15) is 24.9 Å². The predicted molar refractivity (Wildman–Crippen MR) is 90.0 cm³/mol. The van der Waals surface area contributed by atoms with Gasteiger partial charge in [-0.05, 0) is 30.7 Å². The number of likely N-dealkylation sites (tertiary alicyclic amines) is 1. The molecule has 2 aliphatic rings. The number of carbonyl (C=O) groups excluding carboxylic acids is 1. The highest BCUT2D eigenvalue weighted by Gasteiger charge is 2.35. The second-order valence-corrected chi connectivity index (χ2v) is 6.71. The number of β-amino-alcohol motifs (C(OH)–C–C–N with tert-alkyl or cyclic N) is 1. The molecule has 2 fully saturated rings. The van der Waals surface area contributed by atoms with Crippen molar-refractivity contribution in [1.29, 1.82) is 0 Å². The summed E-state index contributed by atoms with van der Waals surface area (Å²) in [6, 6.07) is 6.07. The monoisotopic (exact) mass is 335 g/mol. The Hall–Kier alpha value is -1.50. The van der Waals surface area contributed by atoms with Gasteiger partial charge in [-0.25, -0.2) is 4.39 Å². The fraction of sp³-hybridized carbons (Fsp3) is 0.611. The second-order valence-electron chi connectivity index (χ2n) is 6.71. The average Bonchev–Trinajstić information content (AvgIpc) is 2.98. The third-order valence-corrected chi connectivity index (χ3v) is 5.13. The molecular formula is C18H26FN3O2. The molecule has 1 N–H and O–H groups in total. The number of aliphatic hydroxyl groups excluding tert-OH is 1. The van der Waals surface area contributed by atoms with E-state index in [0.717, 1.165) is 38.3 Å². The smallest absolute Gasteiger partial charge is 0.237 e. The average molecular weight is 335 g/mol. The van der Waals surface area contributed by atoms with E-state index in [9.17, 15) is 14.3 Å². The van der Waals surface area contributed by atoms with E-state index >= 15 is 0 Å². The van der Waals surface area contributed by atoms with Gasteiger partial charge >= 0.3 is 0 Å². The molecule has 1 aromatic rings. The molecule has 24 heavy (non-hydrogen) atoms. The summed E-state index contributed by atoms with van der Waals surface area (Å²) in [6.07, 6.45) is 0.00185. The molecule has 0 bridgehead atoms. The van der Waals surface area contributed by atoms with Crippen molar-refractivity contribution in [1.82, 2.24) is 14.7 Å². The first-order valence-corrected chi connectivity index (χ1v) is 8.74. The lowest BCUT2D eigenvalue weighted by molar-refractivity contribution is -0.134. The Morgan fingerprint density at radius 3 is 2.42 bits per heavy atom. The lowest BCUT2D eigenvalue weighted by Gasteiger charge is -2.35. The molecule has 3 rings (SSSR count). The minimum atomic E-state index is -0.513. The van der Waals surface area contributed by atoms with Crippen LogP contribution >= 0.6 is 0 Å². The van der Waals surface area contributed by atoms with Crippen molar-refractivity contribution in [2.75, 3.05) is 45.8 Å². The van der Waals surface area contributed by atoms with Gasteiger partial charge in [0.15, 0.2) is 0 Å². The van der Waals surface area contributed by atoms with Crippen LogP contribution in [0.5, 0.6) is 0 Å². The normalized spacial score (nSPS) is 26.0. The largest absolute Gasteiger partial charge is 0.391 e. The Balaban J connectivity index is 1.63. The number of likely N-dealkylation sites (N-methyl/N-ethyl adjacent to an activating group) is 1. The summed E-state index contributed by atoms with van der Waals surface area (Å²) >= 11 is 0. The summed E-state index contributed by atoms with van der Waals surface area (Å²) in [5, 5.41) is 10.0. The Bertz CT molecular complexity index is 558. The van der Waals surface area contributed by atoms with Crippen LogP contribution in [0.4, 0.5) is 4.39 Å². The Morgan fingerprint density at radius 2 is 1.79 bits per heavy atom. The third kappa shape index (κ3) is 3.94. The highest BCUT2D eigenvalue weighted by Crippen LogP contribution is 2.32. The van der Waals surface area contributed by atoms with E-state index in [1.54, 1.807) is 17.0 Å². The van der Waals surface area contributed by atoms with Crippen LogP contribution in [0.2, 0.25) is 0 Å². The van der Waals surface area contributed by atoms with Gasteiger partial charge in [-0.15, -0.1) is 0 Å². The molecule has 0 radical (unpaired) electrons. The standard InChI is InChI=1S/C18H26FN3O2/c1-2-20-7-9-21(10-8-20)13-18(24)22-12-16(23)11-17(22)14-3-5-15(19)6-4-14/h3-6,16-17,23H,2,7-13H2,1H3/t16-,17-/m0/s1. The van der Waals surface area contributed by atoms with Crippen molar-refractivity contribution in [3.8, 4) is 0 Å². The number of nitrogens with zero attached hydrogens (tertiary/aromatic N) is 3. The van der Waals surface area contributed by atoms with Crippen LogP contribution in [0.25, 0.3) is 0 Å². The van der Waals surface area contributed by atoms with Crippen molar-refractivity contribution < 1.29 is 14.3 Å². The topological polar surface area (TPSA) is 47.0 Å². The molecule has 6 heteroatoms. The number of hydrogen-bond donors (Lipinski definition) is 1.